The van der Waals surface area contributed by atoms with E-state index in [0.29, 0.717) is 21.5 Å². The molecule has 1 aliphatic heterocycles. The Kier molecular flexibility index (Phi) is 8.86. The molecule has 38 heavy (non-hydrogen) atoms. The molecule has 1 heterocycles. The first-order chi connectivity index (χ1) is 17.4. The molecule has 2 aromatic rings. The fourth-order valence-corrected chi connectivity index (χ4v) is 6.00. The van der Waals surface area contributed by atoms with Crippen LogP contribution in [-0.4, -0.2) is 30.0 Å². The van der Waals surface area contributed by atoms with Crippen LogP contribution < -0.4 is 15.1 Å². The molecule has 0 saturated carbocycles. The number of nitrogens with zero attached hydrogens (tertiary/aromatic N) is 2. The first kappa shape index (κ1) is 30.3. The van der Waals surface area contributed by atoms with E-state index in [-0.39, 0.29) is 28.5 Å². The van der Waals surface area contributed by atoms with E-state index in [1.807, 2.05) is 6.07 Å². The molecule has 0 aromatic heterocycles. The number of amidine groups is 1. The number of carbonyl (C=O) groups excluding carboxylic acids is 2. The summed E-state index contributed by atoms with van der Waals surface area (Å²) in [7, 11) is 1.60. The lowest BCUT2D eigenvalue weighted by Crippen LogP contribution is -2.43. The number of methoxy groups -OCH3 is 1. The van der Waals surface area contributed by atoms with E-state index in [4.69, 9.17) is 27.9 Å². The Morgan fingerprint density at radius 2 is 1.71 bits per heavy atom. The van der Waals surface area contributed by atoms with Gasteiger partial charge in [-0.2, -0.15) is 5.01 Å². The first-order valence-corrected chi connectivity index (χ1v) is 14.1. The van der Waals surface area contributed by atoms with Crippen LogP contribution in [0.4, 0.5) is 5.69 Å². The molecule has 0 aliphatic carbocycles. The summed E-state index contributed by atoms with van der Waals surface area (Å²) in [6.07, 6.45) is 0.966. The average Bonchev–Trinajstić information content (AvgIpc) is 3.08. The van der Waals surface area contributed by atoms with Gasteiger partial charge in [-0.05, 0) is 53.1 Å². The van der Waals surface area contributed by atoms with Crippen molar-refractivity contribution >= 4 is 58.3 Å². The lowest BCUT2D eigenvalue weighted by Gasteiger charge is -2.33. The quantitative estimate of drug-likeness (QED) is 0.381. The SMILES string of the molecule is COc1ccc(C(C)(C)CC(C)(C)C)cc1SC1C(=O)N(c2cc(Cl)ccc2Cl)N=C1NC(=O)C(C)(C)C. The zero-order chi connectivity index (χ0) is 28.6. The topological polar surface area (TPSA) is 71.0 Å². The second kappa shape index (κ2) is 11.1. The van der Waals surface area contributed by atoms with Gasteiger partial charge in [0.25, 0.3) is 5.91 Å². The minimum atomic E-state index is -0.828. The number of hydrazone groups is 1. The van der Waals surface area contributed by atoms with Crippen molar-refractivity contribution in [3.8, 4) is 5.75 Å². The molecule has 206 valence electrons. The van der Waals surface area contributed by atoms with Gasteiger partial charge in [0.1, 0.15) is 5.75 Å². The van der Waals surface area contributed by atoms with E-state index >= 15 is 0 Å². The minimum Gasteiger partial charge on any atom is -0.496 e. The van der Waals surface area contributed by atoms with Gasteiger partial charge < -0.3 is 10.1 Å². The summed E-state index contributed by atoms with van der Waals surface area (Å²) in [5, 5.41) is 8.51. The van der Waals surface area contributed by atoms with Crippen LogP contribution in [0.25, 0.3) is 0 Å². The van der Waals surface area contributed by atoms with E-state index in [1.165, 1.54) is 16.8 Å². The largest absolute Gasteiger partial charge is 0.496 e. The Hall–Kier alpha value is -2.22. The number of carbonyl (C=O) groups is 2. The lowest BCUT2D eigenvalue weighted by atomic mass is 9.72. The van der Waals surface area contributed by atoms with Crippen LogP contribution in [0.2, 0.25) is 10.0 Å². The van der Waals surface area contributed by atoms with Crippen LogP contribution in [0.15, 0.2) is 46.4 Å². The number of thioether (sulfide) groups is 1. The predicted octanol–water partition coefficient (Wildman–Crippen LogP) is 7.70. The van der Waals surface area contributed by atoms with Gasteiger partial charge in [0.2, 0.25) is 5.91 Å². The van der Waals surface area contributed by atoms with E-state index in [2.05, 4.69) is 57.2 Å². The highest BCUT2D eigenvalue weighted by molar-refractivity contribution is 8.01. The second-order valence-corrected chi connectivity index (χ2v) is 14.4. The number of hydrogen-bond acceptors (Lipinski definition) is 5. The highest BCUT2D eigenvalue weighted by Crippen LogP contribution is 2.42. The molecule has 0 radical (unpaired) electrons. The third-order valence-electron chi connectivity index (χ3n) is 6.11. The van der Waals surface area contributed by atoms with E-state index in [9.17, 15) is 9.59 Å². The number of benzene rings is 2. The lowest BCUT2D eigenvalue weighted by molar-refractivity contribution is -0.126. The van der Waals surface area contributed by atoms with Gasteiger partial charge >= 0.3 is 0 Å². The molecule has 2 aromatic carbocycles. The van der Waals surface area contributed by atoms with Crippen molar-refractivity contribution < 1.29 is 14.3 Å². The van der Waals surface area contributed by atoms with Crippen LogP contribution >= 0.6 is 35.0 Å². The molecular weight excluding hydrogens is 541 g/mol. The normalized spacial score (nSPS) is 16.5. The highest BCUT2D eigenvalue weighted by atomic mass is 35.5. The summed E-state index contributed by atoms with van der Waals surface area (Å²) in [6.45, 7) is 16.5. The van der Waals surface area contributed by atoms with E-state index in [0.717, 1.165) is 16.9 Å². The summed E-state index contributed by atoms with van der Waals surface area (Å²) in [5.74, 6) is 0.279. The van der Waals surface area contributed by atoms with E-state index < -0.39 is 10.7 Å². The number of hydrogen-bond donors (Lipinski definition) is 1. The molecular formula is C29H37Cl2N3O3S. The third kappa shape index (κ3) is 7.04. The Labute approximate surface area is 240 Å². The van der Waals surface area contributed by atoms with Gasteiger partial charge in [0.05, 0.1) is 22.7 Å². The maximum absolute atomic E-state index is 13.8. The molecule has 3 rings (SSSR count). The Morgan fingerprint density at radius 1 is 1.05 bits per heavy atom. The second-order valence-electron chi connectivity index (χ2n) is 12.4. The summed E-state index contributed by atoms with van der Waals surface area (Å²) in [6, 6.07) is 10.9. The van der Waals surface area contributed by atoms with Gasteiger partial charge in [0, 0.05) is 10.4 Å². The maximum Gasteiger partial charge on any atom is 0.268 e. The van der Waals surface area contributed by atoms with Crippen LogP contribution in [-0.2, 0) is 15.0 Å². The van der Waals surface area contributed by atoms with Gasteiger partial charge in [-0.15, -0.1) is 16.9 Å². The number of ether oxygens (including phenoxy) is 1. The average molecular weight is 579 g/mol. The van der Waals surface area contributed by atoms with Crippen molar-refractivity contribution in [3.63, 3.8) is 0 Å². The number of rotatable bonds is 6. The third-order valence-corrected chi connectivity index (χ3v) is 7.90. The van der Waals surface area contributed by atoms with Crippen LogP contribution in [0.5, 0.6) is 5.75 Å². The fraction of sp³-hybridized carbons (Fsp3) is 0.483. The predicted molar refractivity (Wildman–Crippen MR) is 159 cm³/mol. The van der Waals surface area contributed by atoms with Gasteiger partial charge in [-0.25, -0.2) is 0 Å². The number of halogens is 2. The van der Waals surface area contributed by atoms with Crippen LogP contribution in [0.1, 0.15) is 67.4 Å². The Morgan fingerprint density at radius 3 is 2.29 bits per heavy atom. The van der Waals surface area contributed by atoms with Crippen molar-refractivity contribution in [2.75, 3.05) is 12.1 Å². The molecule has 1 atom stereocenters. The van der Waals surface area contributed by atoms with E-state index in [1.54, 1.807) is 46.1 Å². The summed E-state index contributed by atoms with van der Waals surface area (Å²) in [5.41, 5.74) is 0.814. The monoisotopic (exact) mass is 577 g/mol. The highest BCUT2D eigenvalue weighted by Gasteiger charge is 2.41. The molecule has 6 nitrogen and oxygen atoms in total. The van der Waals surface area contributed by atoms with Gasteiger partial charge in [-0.1, -0.05) is 84.7 Å². The standard InChI is InChI=1S/C29H37Cl2N3O3S/c1-27(2,3)16-29(7,8)17-10-13-21(37-9)22(14-17)38-23-24(32-26(36)28(4,5)6)33-34(25(23)35)20-15-18(30)11-12-19(20)31/h10-15,23H,16H2,1-9H3,(H,32,33,36). The summed E-state index contributed by atoms with van der Waals surface area (Å²) in [4.78, 5) is 27.5. The van der Waals surface area contributed by atoms with Gasteiger partial charge in [0.15, 0.2) is 11.1 Å². The molecule has 0 saturated heterocycles. The number of nitrogens with one attached hydrogen (secondary N) is 1. The van der Waals surface area contributed by atoms with Crippen molar-refractivity contribution in [2.24, 2.45) is 15.9 Å². The molecule has 9 heteroatoms. The van der Waals surface area contributed by atoms with Crippen LogP contribution in [0, 0.1) is 10.8 Å². The molecule has 1 N–H and O–H groups in total. The molecule has 0 spiro atoms. The molecule has 1 unspecified atom stereocenters. The first-order valence-electron chi connectivity index (χ1n) is 12.5. The number of amides is 2. The fourth-order valence-electron chi connectivity index (χ4n) is 4.50. The Bertz CT molecular complexity index is 1260. The zero-order valence-corrected chi connectivity index (χ0v) is 25.9. The summed E-state index contributed by atoms with van der Waals surface area (Å²) >= 11 is 13.9. The molecule has 1 aliphatic rings. The molecule has 0 bridgehead atoms. The van der Waals surface area contributed by atoms with Crippen molar-refractivity contribution in [2.45, 2.75) is 77.4 Å². The van der Waals surface area contributed by atoms with Crippen molar-refractivity contribution in [1.29, 1.82) is 0 Å². The van der Waals surface area contributed by atoms with Crippen molar-refractivity contribution in [3.05, 3.63) is 52.0 Å². The summed E-state index contributed by atoms with van der Waals surface area (Å²) < 4.78 is 5.66. The van der Waals surface area contributed by atoms with Crippen molar-refractivity contribution in [1.82, 2.24) is 5.32 Å². The van der Waals surface area contributed by atoms with Crippen LogP contribution in [0.3, 0.4) is 0 Å². The minimum absolute atomic E-state index is 0.114. The Balaban J connectivity index is 2.05. The molecule has 0 fully saturated rings. The zero-order valence-electron chi connectivity index (χ0n) is 23.5. The smallest absolute Gasteiger partial charge is 0.268 e. The molecule has 2 amide bonds. The number of anilines is 1. The maximum atomic E-state index is 13.8. The van der Waals surface area contributed by atoms with Gasteiger partial charge in [-0.3, -0.25) is 9.59 Å².